The summed E-state index contributed by atoms with van der Waals surface area (Å²) in [5, 5.41) is 0. The van der Waals surface area contributed by atoms with Crippen LogP contribution < -0.4 is 10.5 Å². The van der Waals surface area contributed by atoms with Gasteiger partial charge in [-0.25, -0.2) is 4.98 Å². The Morgan fingerprint density at radius 2 is 2.06 bits per heavy atom. The van der Waals surface area contributed by atoms with Gasteiger partial charge >= 0.3 is 0 Å². The summed E-state index contributed by atoms with van der Waals surface area (Å²) < 4.78 is 6.64. The molecule has 16 heavy (non-hydrogen) atoms. The Kier molecular flexibility index (Phi) is 4.74. The number of halogens is 1. The Labute approximate surface area is 106 Å². The number of aromatic nitrogens is 1. The highest BCUT2D eigenvalue weighted by Gasteiger charge is 2.21. The van der Waals surface area contributed by atoms with Crippen molar-refractivity contribution in [3.63, 3.8) is 0 Å². The van der Waals surface area contributed by atoms with Crippen LogP contribution in [0.3, 0.4) is 0 Å². The van der Waals surface area contributed by atoms with E-state index in [4.69, 9.17) is 10.5 Å². The Bertz CT molecular complexity index is 351. The molecule has 0 aliphatic rings. The van der Waals surface area contributed by atoms with E-state index in [0.29, 0.717) is 12.5 Å². The lowest BCUT2D eigenvalue weighted by Crippen LogP contribution is -2.44. The number of rotatable bonds is 5. The summed E-state index contributed by atoms with van der Waals surface area (Å²) in [4.78, 5) is 4.22. The minimum Gasteiger partial charge on any atom is -0.476 e. The number of nitrogens with zero attached hydrogens (tertiary/aromatic N) is 1. The summed E-state index contributed by atoms with van der Waals surface area (Å²) in [5.41, 5.74) is 6.93. The number of hydrogen-bond acceptors (Lipinski definition) is 3. The van der Waals surface area contributed by atoms with Crippen molar-refractivity contribution in [2.45, 2.75) is 39.2 Å². The Morgan fingerprint density at radius 3 is 2.56 bits per heavy atom. The first kappa shape index (κ1) is 13.5. The van der Waals surface area contributed by atoms with E-state index in [0.717, 1.165) is 22.9 Å². The van der Waals surface area contributed by atoms with Crippen LogP contribution in [0.15, 0.2) is 16.7 Å². The van der Waals surface area contributed by atoms with Gasteiger partial charge in [-0.15, -0.1) is 0 Å². The van der Waals surface area contributed by atoms with E-state index in [9.17, 15) is 0 Å². The third-order valence-electron chi connectivity index (χ3n) is 2.90. The van der Waals surface area contributed by atoms with E-state index in [1.54, 1.807) is 6.20 Å². The van der Waals surface area contributed by atoms with Crippen LogP contribution in [-0.2, 0) is 0 Å². The van der Waals surface area contributed by atoms with Gasteiger partial charge in [-0.3, -0.25) is 0 Å². The summed E-state index contributed by atoms with van der Waals surface area (Å²) in [6, 6.07) is 1.98. The third-order valence-corrected chi connectivity index (χ3v) is 3.34. The SMILES string of the molecule is CCC(N)(CC)COc1ncc(Br)cc1C. The molecule has 0 spiro atoms. The van der Waals surface area contributed by atoms with Gasteiger partial charge < -0.3 is 10.5 Å². The fourth-order valence-electron chi connectivity index (χ4n) is 1.35. The lowest BCUT2D eigenvalue weighted by molar-refractivity contribution is 0.199. The molecule has 0 saturated carbocycles. The minimum absolute atomic E-state index is 0.249. The molecule has 0 saturated heterocycles. The topological polar surface area (TPSA) is 48.1 Å². The average Bonchev–Trinajstić information content (AvgIpc) is 2.27. The van der Waals surface area contributed by atoms with Crippen LogP contribution in [0.4, 0.5) is 0 Å². The van der Waals surface area contributed by atoms with Crippen LogP contribution >= 0.6 is 15.9 Å². The highest BCUT2D eigenvalue weighted by molar-refractivity contribution is 9.10. The molecule has 1 rings (SSSR count). The zero-order valence-corrected chi connectivity index (χ0v) is 11.7. The van der Waals surface area contributed by atoms with Crippen molar-refractivity contribution in [2.24, 2.45) is 5.73 Å². The molecule has 0 radical (unpaired) electrons. The van der Waals surface area contributed by atoms with Crippen molar-refractivity contribution in [3.8, 4) is 5.88 Å². The molecule has 1 aromatic rings. The Hall–Kier alpha value is -0.610. The summed E-state index contributed by atoms with van der Waals surface area (Å²) >= 11 is 3.37. The largest absolute Gasteiger partial charge is 0.476 e. The summed E-state index contributed by atoms with van der Waals surface area (Å²) in [6.07, 6.45) is 3.54. The van der Waals surface area contributed by atoms with E-state index in [1.165, 1.54) is 0 Å². The first-order valence-electron chi connectivity index (χ1n) is 5.54. The second-order valence-electron chi connectivity index (χ2n) is 4.13. The van der Waals surface area contributed by atoms with Gasteiger partial charge in [0, 0.05) is 21.8 Å². The maximum absolute atomic E-state index is 6.16. The minimum atomic E-state index is -0.249. The standard InChI is InChI=1S/C12H19BrN2O/c1-4-12(14,5-2)8-16-11-9(3)6-10(13)7-15-11/h6-7H,4-5,8,14H2,1-3H3. The van der Waals surface area contributed by atoms with E-state index >= 15 is 0 Å². The van der Waals surface area contributed by atoms with Gasteiger partial charge in [-0.2, -0.15) is 0 Å². The number of nitrogens with two attached hydrogens (primary N) is 1. The van der Waals surface area contributed by atoms with Crippen molar-refractivity contribution < 1.29 is 4.74 Å². The molecule has 0 bridgehead atoms. The predicted octanol–water partition coefficient (Wildman–Crippen LogP) is 3.05. The van der Waals surface area contributed by atoms with E-state index in [2.05, 4.69) is 34.8 Å². The van der Waals surface area contributed by atoms with Gasteiger partial charge in [0.05, 0.1) is 0 Å². The van der Waals surface area contributed by atoms with E-state index in [-0.39, 0.29) is 5.54 Å². The van der Waals surface area contributed by atoms with Crippen molar-refractivity contribution in [3.05, 3.63) is 22.3 Å². The molecule has 90 valence electrons. The first-order chi connectivity index (χ1) is 7.50. The Balaban J connectivity index is 2.67. The van der Waals surface area contributed by atoms with Crippen LogP contribution in [0.1, 0.15) is 32.3 Å². The zero-order chi connectivity index (χ0) is 12.2. The predicted molar refractivity (Wildman–Crippen MR) is 69.7 cm³/mol. The number of pyridine rings is 1. The monoisotopic (exact) mass is 286 g/mol. The summed E-state index contributed by atoms with van der Waals surface area (Å²) in [6.45, 7) is 6.64. The molecule has 0 fully saturated rings. The number of ether oxygens (including phenoxy) is 1. The van der Waals surface area contributed by atoms with Gasteiger partial charge in [0.2, 0.25) is 5.88 Å². The molecule has 0 aliphatic carbocycles. The van der Waals surface area contributed by atoms with Crippen LogP contribution in [0.25, 0.3) is 0 Å². The van der Waals surface area contributed by atoms with Crippen LogP contribution in [-0.4, -0.2) is 17.1 Å². The van der Waals surface area contributed by atoms with E-state index < -0.39 is 0 Å². The molecule has 0 aromatic carbocycles. The smallest absolute Gasteiger partial charge is 0.216 e. The molecule has 2 N–H and O–H groups in total. The molecule has 0 atom stereocenters. The zero-order valence-electron chi connectivity index (χ0n) is 10.1. The van der Waals surface area contributed by atoms with Crippen LogP contribution in [0.2, 0.25) is 0 Å². The fraction of sp³-hybridized carbons (Fsp3) is 0.583. The molecule has 4 heteroatoms. The van der Waals surface area contributed by atoms with Gasteiger partial charge in [0.15, 0.2) is 0 Å². The second-order valence-corrected chi connectivity index (χ2v) is 5.05. The maximum atomic E-state index is 6.16. The molecule has 1 heterocycles. The van der Waals surface area contributed by atoms with Gasteiger partial charge in [0.1, 0.15) is 6.61 Å². The quantitative estimate of drug-likeness (QED) is 0.905. The van der Waals surface area contributed by atoms with Crippen molar-refractivity contribution in [2.75, 3.05) is 6.61 Å². The van der Waals surface area contributed by atoms with Crippen molar-refractivity contribution in [1.29, 1.82) is 0 Å². The van der Waals surface area contributed by atoms with Crippen LogP contribution in [0, 0.1) is 6.92 Å². The third kappa shape index (κ3) is 3.46. The highest BCUT2D eigenvalue weighted by Crippen LogP contribution is 2.20. The molecule has 0 unspecified atom stereocenters. The molecule has 3 nitrogen and oxygen atoms in total. The molecule has 1 aromatic heterocycles. The van der Waals surface area contributed by atoms with Gasteiger partial charge in [0.25, 0.3) is 0 Å². The second kappa shape index (κ2) is 5.64. The molecular weight excluding hydrogens is 268 g/mol. The number of hydrogen-bond donors (Lipinski definition) is 1. The Morgan fingerprint density at radius 1 is 1.44 bits per heavy atom. The van der Waals surface area contributed by atoms with Crippen molar-refractivity contribution in [1.82, 2.24) is 4.98 Å². The summed E-state index contributed by atoms with van der Waals surface area (Å²) in [5.74, 6) is 0.667. The maximum Gasteiger partial charge on any atom is 0.216 e. The lowest BCUT2D eigenvalue weighted by atomic mass is 9.96. The molecular formula is C12H19BrN2O. The van der Waals surface area contributed by atoms with Crippen LogP contribution in [0.5, 0.6) is 5.88 Å². The lowest BCUT2D eigenvalue weighted by Gasteiger charge is -2.26. The normalized spacial score (nSPS) is 11.6. The van der Waals surface area contributed by atoms with Gasteiger partial charge in [-0.05, 0) is 41.8 Å². The first-order valence-corrected chi connectivity index (χ1v) is 6.34. The average molecular weight is 287 g/mol. The summed E-state index contributed by atoms with van der Waals surface area (Å²) in [7, 11) is 0. The van der Waals surface area contributed by atoms with E-state index in [1.807, 2.05) is 13.0 Å². The molecule has 0 amide bonds. The fourth-order valence-corrected chi connectivity index (χ4v) is 1.79. The van der Waals surface area contributed by atoms with Gasteiger partial charge in [-0.1, -0.05) is 13.8 Å². The number of aryl methyl sites for hydroxylation is 1. The molecule has 0 aliphatic heterocycles. The highest BCUT2D eigenvalue weighted by atomic mass is 79.9. The van der Waals surface area contributed by atoms with Crippen molar-refractivity contribution >= 4 is 15.9 Å².